The van der Waals surface area contributed by atoms with E-state index in [4.69, 9.17) is 11.6 Å². The molecular formula is C9H13ClN4O. The third-order valence-electron chi connectivity index (χ3n) is 1.78. The fourth-order valence-corrected chi connectivity index (χ4v) is 1.10. The molecule has 0 aliphatic heterocycles. The van der Waals surface area contributed by atoms with Crippen LogP contribution < -0.4 is 5.32 Å². The molecule has 0 bridgehead atoms. The third-order valence-corrected chi connectivity index (χ3v) is 1.98. The molecule has 1 aromatic rings. The molecule has 0 atom stereocenters. The fraction of sp³-hybridized carbons (Fsp3) is 0.444. The first-order chi connectivity index (χ1) is 7.09. The summed E-state index contributed by atoms with van der Waals surface area (Å²) in [6.45, 7) is 0.532. The smallest absolute Gasteiger partial charge is 0.223 e. The number of carbonyl (C=O) groups is 1. The minimum Gasteiger partial charge on any atom is -0.369 e. The first-order valence-electron chi connectivity index (χ1n) is 4.51. The lowest BCUT2D eigenvalue weighted by Gasteiger charge is -2.10. The van der Waals surface area contributed by atoms with E-state index in [9.17, 15) is 4.79 Å². The molecule has 0 aliphatic carbocycles. The SMILES string of the molecule is CN(C)C(=O)CCNc1cc(Cl)ncn1. The Morgan fingerprint density at radius 2 is 2.27 bits per heavy atom. The van der Waals surface area contributed by atoms with E-state index in [-0.39, 0.29) is 5.91 Å². The lowest BCUT2D eigenvalue weighted by Crippen LogP contribution is -2.24. The van der Waals surface area contributed by atoms with E-state index in [1.165, 1.54) is 6.33 Å². The summed E-state index contributed by atoms with van der Waals surface area (Å²) in [5.74, 6) is 0.698. The van der Waals surface area contributed by atoms with E-state index < -0.39 is 0 Å². The van der Waals surface area contributed by atoms with Crippen LogP contribution in [0.5, 0.6) is 0 Å². The number of nitrogens with zero attached hydrogens (tertiary/aromatic N) is 3. The van der Waals surface area contributed by atoms with Crippen molar-refractivity contribution in [2.45, 2.75) is 6.42 Å². The quantitative estimate of drug-likeness (QED) is 0.782. The molecule has 0 fully saturated rings. The molecule has 0 spiro atoms. The largest absolute Gasteiger partial charge is 0.369 e. The minimum atomic E-state index is 0.0719. The molecule has 1 amide bonds. The zero-order valence-electron chi connectivity index (χ0n) is 8.70. The van der Waals surface area contributed by atoms with Gasteiger partial charge in [0.25, 0.3) is 0 Å². The fourth-order valence-electron chi connectivity index (χ4n) is 0.951. The van der Waals surface area contributed by atoms with E-state index in [0.29, 0.717) is 23.9 Å². The first-order valence-corrected chi connectivity index (χ1v) is 4.89. The van der Waals surface area contributed by atoms with Crippen LogP contribution in [0.15, 0.2) is 12.4 Å². The van der Waals surface area contributed by atoms with Crippen LogP contribution in [0.25, 0.3) is 0 Å². The summed E-state index contributed by atoms with van der Waals surface area (Å²) in [5, 5.41) is 3.37. The molecular weight excluding hydrogens is 216 g/mol. The van der Waals surface area contributed by atoms with Crippen molar-refractivity contribution in [1.82, 2.24) is 14.9 Å². The maximum atomic E-state index is 11.2. The predicted octanol–water partition coefficient (Wildman–Crippen LogP) is 1.02. The first kappa shape index (κ1) is 11.7. The molecule has 0 unspecified atom stereocenters. The Morgan fingerprint density at radius 3 is 2.87 bits per heavy atom. The van der Waals surface area contributed by atoms with Crippen molar-refractivity contribution < 1.29 is 4.79 Å². The molecule has 1 N–H and O–H groups in total. The Labute approximate surface area is 93.5 Å². The van der Waals surface area contributed by atoms with Gasteiger partial charge in [0.2, 0.25) is 5.91 Å². The van der Waals surface area contributed by atoms with Crippen LogP contribution in [0.3, 0.4) is 0 Å². The number of amides is 1. The molecule has 0 radical (unpaired) electrons. The van der Waals surface area contributed by atoms with Crippen LogP contribution in [0, 0.1) is 0 Å². The number of rotatable bonds is 4. The van der Waals surface area contributed by atoms with Gasteiger partial charge in [0.15, 0.2) is 0 Å². The Bertz CT molecular complexity index is 343. The molecule has 0 saturated heterocycles. The van der Waals surface area contributed by atoms with Crippen LogP contribution in [-0.4, -0.2) is 41.4 Å². The van der Waals surface area contributed by atoms with Crippen molar-refractivity contribution in [1.29, 1.82) is 0 Å². The highest BCUT2D eigenvalue weighted by atomic mass is 35.5. The van der Waals surface area contributed by atoms with Crippen molar-refractivity contribution in [3.8, 4) is 0 Å². The normalized spacial score (nSPS) is 9.80. The van der Waals surface area contributed by atoms with Gasteiger partial charge in [-0.25, -0.2) is 9.97 Å². The second-order valence-corrected chi connectivity index (χ2v) is 3.58. The number of hydrogen-bond acceptors (Lipinski definition) is 4. The number of hydrogen-bond donors (Lipinski definition) is 1. The number of nitrogens with one attached hydrogen (secondary N) is 1. The van der Waals surface area contributed by atoms with Gasteiger partial charge in [0.1, 0.15) is 17.3 Å². The van der Waals surface area contributed by atoms with Crippen LogP contribution in [0.1, 0.15) is 6.42 Å². The minimum absolute atomic E-state index is 0.0719. The maximum Gasteiger partial charge on any atom is 0.223 e. The Kier molecular flexibility index (Phi) is 4.30. The summed E-state index contributed by atoms with van der Waals surface area (Å²) in [5.41, 5.74) is 0. The predicted molar refractivity (Wildman–Crippen MR) is 58.8 cm³/mol. The van der Waals surface area contributed by atoms with Crippen molar-refractivity contribution in [2.24, 2.45) is 0 Å². The molecule has 15 heavy (non-hydrogen) atoms. The summed E-state index contributed by atoms with van der Waals surface area (Å²) >= 11 is 5.67. The Hall–Kier alpha value is -1.36. The van der Waals surface area contributed by atoms with Crippen LogP contribution in [0.4, 0.5) is 5.82 Å². The second kappa shape index (κ2) is 5.50. The molecule has 6 heteroatoms. The van der Waals surface area contributed by atoms with E-state index in [0.717, 1.165) is 0 Å². The topological polar surface area (TPSA) is 58.1 Å². The highest BCUT2D eigenvalue weighted by Crippen LogP contribution is 2.08. The average molecular weight is 229 g/mol. The summed E-state index contributed by atoms with van der Waals surface area (Å²) in [4.78, 5) is 20.5. The van der Waals surface area contributed by atoms with E-state index >= 15 is 0 Å². The van der Waals surface area contributed by atoms with Gasteiger partial charge in [-0.05, 0) is 0 Å². The van der Waals surface area contributed by atoms with E-state index in [2.05, 4.69) is 15.3 Å². The van der Waals surface area contributed by atoms with Crippen molar-refractivity contribution in [2.75, 3.05) is 26.0 Å². The maximum absolute atomic E-state index is 11.2. The lowest BCUT2D eigenvalue weighted by molar-refractivity contribution is -0.128. The second-order valence-electron chi connectivity index (χ2n) is 3.19. The average Bonchev–Trinajstić information content (AvgIpc) is 2.17. The Balaban J connectivity index is 2.35. The standard InChI is InChI=1S/C9H13ClN4O/c1-14(2)9(15)3-4-11-8-5-7(10)12-6-13-8/h5-6H,3-4H2,1-2H3,(H,11,12,13). The molecule has 1 heterocycles. The molecule has 0 saturated carbocycles. The van der Waals surface area contributed by atoms with Gasteiger partial charge in [-0.3, -0.25) is 4.79 Å². The van der Waals surface area contributed by atoms with Gasteiger partial charge >= 0.3 is 0 Å². The molecule has 1 rings (SSSR count). The molecule has 5 nitrogen and oxygen atoms in total. The van der Waals surface area contributed by atoms with Crippen LogP contribution >= 0.6 is 11.6 Å². The van der Waals surface area contributed by atoms with Gasteiger partial charge in [-0.1, -0.05) is 11.6 Å². The van der Waals surface area contributed by atoms with Crippen molar-refractivity contribution >= 4 is 23.3 Å². The van der Waals surface area contributed by atoms with Gasteiger partial charge in [-0.2, -0.15) is 0 Å². The van der Waals surface area contributed by atoms with Crippen LogP contribution in [0.2, 0.25) is 5.15 Å². The van der Waals surface area contributed by atoms with Crippen molar-refractivity contribution in [3.05, 3.63) is 17.5 Å². The lowest BCUT2D eigenvalue weighted by atomic mass is 10.4. The van der Waals surface area contributed by atoms with Gasteiger partial charge in [-0.15, -0.1) is 0 Å². The molecule has 0 aromatic carbocycles. The molecule has 1 aromatic heterocycles. The highest BCUT2D eigenvalue weighted by Gasteiger charge is 2.03. The molecule has 0 aliphatic rings. The number of halogens is 1. The number of anilines is 1. The van der Waals surface area contributed by atoms with Gasteiger partial charge < -0.3 is 10.2 Å². The number of aromatic nitrogens is 2. The van der Waals surface area contributed by atoms with Gasteiger partial charge in [0, 0.05) is 33.1 Å². The zero-order chi connectivity index (χ0) is 11.3. The van der Waals surface area contributed by atoms with Crippen molar-refractivity contribution in [3.63, 3.8) is 0 Å². The van der Waals surface area contributed by atoms with Gasteiger partial charge in [0.05, 0.1) is 0 Å². The molecule has 82 valence electrons. The van der Waals surface area contributed by atoms with E-state index in [1.807, 2.05) is 0 Å². The monoisotopic (exact) mass is 228 g/mol. The number of carbonyl (C=O) groups excluding carboxylic acids is 1. The summed E-state index contributed by atoms with van der Waals surface area (Å²) in [7, 11) is 3.45. The van der Waals surface area contributed by atoms with Crippen LogP contribution in [-0.2, 0) is 4.79 Å². The zero-order valence-corrected chi connectivity index (χ0v) is 9.45. The third kappa shape index (κ3) is 4.12. The summed E-state index contributed by atoms with van der Waals surface area (Å²) in [6, 6.07) is 1.61. The summed E-state index contributed by atoms with van der Waals surface area (Å²) < 4.78 is 0. The highest BCUT2D eigenvalue weighted by molar-refractivity contribution is 6.29. The summed E-state index contributed by atoms with van der Waals surface area (Å²) in [6.07, 6.45) is 1.80. The Morgan fingerprint density at radius 1 is 1.53 bits per heavy atom. The van der Waals surface area contributed by atoms with E-state index in [1.54, 1.807) is 25.1 Å².